The molecule has 7 nitrogen and oxygen atoms in total. The smallest absolute Gasteiger partial charge is 0.291 e. The molecule has 0 radical (unpaired) electrons. The van der Waals surface area contributed by atoms with Crippen LogP contribution in [0.4, 0.5) is 11.5 Å². The highest BCUT2D eigenvalue weighted by Gasteiger charge is 2.21. The summed E-state index contributed by atoms with van der Waals surface area (Å²) in [6.45, 7) is 2.74. The number of aromatic nitrogens is 1. The highest BCUT2D eigenvalue weighted by molar-refractivity contribution is 9.10. The predicted octanol–water partition coefficient (Wildman–Crippen LogP) is 1.22. The van der Waals surface area contributed by atoms with Crippen LogP contribution < -0.4 is 5.32 Å². The highest BCUT2D eigenvalue weighted by atomic mass is 79.9. The lowest BCUT2D eigenvalue weighted by Gasteiger charge is -2.21. The molecule has 0 amide bonds. The van der Waals surface area contributed by atoms with E-state index in [1.54, 1.807) is 6.92 Å². The molecule has 3 N–H and O–H groups in total. The van der Waals surface area contributed by atoms with E-state index in [1.807, 2.05) is 0 Å². The van der Waals surface area contributed by atoms with Crippen molar-refractivity contribution in [3.8, 4) is 0 Å². The van der Waals surface area contributed by atoms with Gasteiger partial charge >= 0.3 is 0 Å². The summed E-state index contributed by atoms with van der Waals surface area (Å²) in [5, 5.41) is 32.0. The zero-order chi connectivity index (χ0) is 13.9. The number of pyridine rings is 1. The molecule has 1 aromatic heterocycles. The van der Waals surface area contributed by atoms with Crippen molar-refractivity contribution in [2.45, 2.75) is 19.4 Å². The number of nitro groups is 1. The SMILES string of the molecule is Cc1c([N+](=O)[O-])cnc(NCC(C)(O)CO)c1Br. The maximum Gasteiger partial charge on any atom is 0.291 e. The van der Waals surface area contributed by atoms with Gasteiger partial charge in [0.05, 0.1) is 16.0 Å². The zero-order valence-corrected chi connectivity index (χ0v) is 11.6. The van der Waals surface area contributed by atoms with E-state index in [2.05, 4.69) is 26.2 Å². The number of hydrogen-bond acceptors (Lipinski definition) is 6. The number of hydrogen-bond donors (Lipinski definition) is 3. The van der Waals surface area contributed by atoms with Gasteiger partial charge in [0.15, 0.2) is 0 Å². The lowest BCUT2D eigenvalue weighted by molar-refractivity contribution is -0.385. The van der Waals surface area contributed by atoms with Crippen molar-refractivity contribution < 1.29 is 15.1 Å². The minimum absolute atomic E-state index is 0.0757. The van der Waals surface area contributed by atoms with Crippen LogP contribution in [0.3, 0.4) is 0 Å². The van der Waals surface area contributed by atoms with Crippen molar-refractivity contribution in [2.75, 3.05) is 18.5 Å². The van der Waals surface area contributed by atoms with Gasteiger partial charge in [0.25, 0.3) is 5.69 Å². The standard InChI is InChI=1S/C10H14BrN3O4/c1-6-7(14(17)18)3-12-9(8(6)11)13-4-10(2,16)5-15/h3,15-16H,4-5H2,1-2H3,(H,12,13). The Hall–Kier alpha value is -1.25. The number of anilines is 1. The summed E-state index contributed by atoms with van der Waals surface area (Å²) >= 11 is 3.22. The Labute approximate surface area is 112 Å². The average Bonchev–Trinajstić information content (AvgIpc) is 2.30. The minimum atomic E-state index is -1.28. The summed E-state index contributed by atoms with van der Waals surface area (Å²) in [7, 11) is 0. The number of aliphatic hydroxyl groups excluding tert-OH is 1. The summed E-state index contributed by atoms with van der Waals surface area (Å²) in [5.74, 6) is 0.381. The normalized spacial score (nSPS) is 14.1. The molecule has 1 atom stereocenters. The van der Waals surface area contributed by atoms with Gasteiger partial charge < -0.3 is 15.5 Å². The summed E-state index contributed by atoms with van der Waals surface area (Å²) < 4.78 is 0.463. The van der Waals surface area contributed by atoms with Crippen molar-refractivity contribution in [3.05, 3.63) is 26.3 Å². The topological polar surface area (TPSA) is 109 Å². The van der Waals surface area contributed by atoms with Crippen molar-refractivity contribution in [2.24, 2.45) is 0 Å². The Kier molecular flexibility index (Phi) is 4.60. The second-order valence-electron chi connectivity index (χ2n) is 4.20. The first-order valence-electron chi connectivity index (χ1n) is 5.15. The van der Waals surface area contributed by atoms with Crippen LogP contribution >= 0.6 is 15.9 Å². The molecular formula is C10H14BrN3O4. The third-order valence-electron chi connectivity index (χ3n) is 2.41. The summed E-state index contributed by atoms with van der Waals surface area (Å²) in [6, 6.07) is 0. The minimum Gasteiger partial charge on any atom is -0.393 e. The molecule has 0 saturated heterocycles. The first-order chi connectivity index (χ1) is 8.28. The van der Waals surface area contributed by atoms with Crippen molar-refractivity contribution in [1.29, 1.82) is 0 Å². The van der Waals surface area contributed by atoms with Gasteiger partial charge in [-0.25, -0.2) is 4.98 Å². The molecule has 0 aliphatic heterocycles. The number of aliphatic hydroxyl groups is 2. The van der Waals surface area contributed by atoms with Gasteiger partial charge in [-0.15, -0.1) is 0 Å². The summed E-state index contributed by atoms with van der Waals surface area (Å²) in [6.07, 6.45) is 1.15. The van der Waals surface area contributed by atoms with Gasteiger partial charge in [-0.05, 0) is 29.8 Å². The number of nitrogens with zero attached hydrogens (tertiary/aromatic N) is 2. The van der Waals surface area contributed by atoms with Crippen LogP contribution in [-0.2, 0) is 0 Å². The van der Waals surface area contributed by atoms with Crippen molar-refractivity contribution >= 4 is 27.4 Å². The van der Waals surface area contributed by atoms with E-state index in [9.17, 15) is 15.2 Å². The zero-order valence-electron chi connectivity index (χ0n) is 9.97. The fourth-order valence-corrected chi connectivity index (χ4v) is 1.65. The Morgan fingerprint density at radius 3 is 2.78 bits per heavy atom. The maximum absolute atomic E-state index is 10.7. The van der Waals surface area contributed by atoms with Gasteiger partial charge in [0.2, 0.25) is 0 Å². The van der Waals surface area contributed by atoms with Crippen molar-refractivity contribution in [1.82, 2.24) is 4.98 Å². The highest BCUT2D eigenvalue weighted by Crippen LogP contribution is 2.30. The molecule has 0 fully saturated rings. The monoisotopic (exact) mass is 319 g/mol. The predicted molar refractivity (Wildman–Crippen MR) is 69.5 cm³/mol. The van der Waals surface area contributed by atoms with E-state index >= 15 is 0 Å². The lowest BCUT2D eigenvalue weighted by atomic mass is 10.1. The Morgan fingerprint density at radius 2 is 2.28 bits per heavy atom. The maximum atomic E-state index is 10.7. The lowest BCUT2D eigenvalue weighted by Crippen LogP contribution is -2.37. The molecule has 0 aromatic carbocycles. The van der Waals surface area contributed by atoms with Crippen LogP contribution in [-0.4, -0.2) is 38.9 Å². The second-order valence-corrected chi connectivity index (χ2v) is 4.99. The van der Waals surface area contributed by atoms with Crippen molar-refractivity contribution in [3.63, 3.8) is 0 Å². The largest absolute Gasteiger partial charge is 0.393 e. The quantitative estimate of drug-likeness (QED) is 0.556. The first kappa shape index (κ1) is 14.8. The molecule has 0 spiro atoms. The number of nitrogens with one attached hydrogen (secondary N) is 1. The van der Waals surface area contributed by atoms with Crippen LogP contribution in [0, 0.1) is 17.0 Å². The summed E-state index contributed by atoms with van der Waals surface area (Å²) in [5.41, 5.74) is -0.918. The van der Waals surface area contributed by atoms with E-state index in [-0.39, 0.29) is 12.2 Å². The van der Waals surface area contributed by atoms with E-state index in [1.165, 1.54) is 6.92 Å². The first-order valence-corrected chi connectivity index (χ1v) is 5.94. The van der Waals surface area contributed by atoms with Crippen LogP contribution in [0.2, 0.25) is 0 Å². The third kappa shape index (κ3) is 3.37. The molecule has 8 heteroatoms. The third-order valence-corrected chi connectivity index (χ3v) is 3.38. The number of rotatable bonds is 5. The van der Waals surface area contributed by atoms with Crippen LogP contribution in [0.15, 0.2) is 10.7 Å². The van der Waals surface area contributed by atoms with E-state index in [0.717, 1.165) is 6.20 Å². The van der Waals surface area contributed by atoms with E-state index < -0.39 is 17.1 Å². The average molecular weight is 320 g/mol. The molecular weight excluding hydrogens is 306 g/mol. The molecule has 0 bridgehead atoms. The molecule has 1 heterocycles. The van der Waals surface area contributed by atoms with Crippen LogP contribution in [0.1, 0.15) is 12.5 Å². The summed E-state index contributed by atoms with van der Waals surface area (Å²) in [4.78, 5) is 14.1. The molecule has 0 aliphatic rings. The molecule has 1 rings (SSSR count). The Morgan fingerprint density at radius 1 is 1.67 bits per heavy atom. The molecule has 18 heavy (non-hydrogen) atoms. The van der Waals surface area contributed by atoms with Crippen LogP contribution in [0.5, 0.6) is 0 Å². The molecule has 100 valence electrons. The van der Waals surface area contributed by atoms with Gasteiger partial charge in [-0.3, -0.25) is 10.1 Å². The van der Waals surface area contributed by atoms with Gasteiger partial charge in [-0.1, -0.05) is 0 Å². The van der Waals surface area contributed by atoms with Gasteiger partial charge in [0.1, 0.15) is 17.6 Å². The molecule has 1 unspecified atom stereocenters. The fraction of sp³-hybridized carbons (Fsp3) is 0.500. The van der Waals surface area contributed by atoms with E-state index in [0.29, 0.717) is 15.9 Å². The second kappa shape index (κ2) is 5.59. The van der Waals surface area contributed by atoms with Gasteiger partial charge in [0, 0.05) is 12.1 Å². The van der Waals surface area contributed by atoms with E-state index in [4.69, 9.17) is 5.11 Å². The van der Waals surface area contributed by atoms with Crippen LogP contribution in [0.25, 0.3) is 0 Å². The Bertz CT molecular complexity index is 465. The van der Waals surface area contributed by atoms with Gasteiger partial charge in [-0.2, -0.15) is 0 Å². The number of halogens is 1. The molecule has 1 aromatic rings. The fourth-order valence-electron chi connectivity index (χ4n) is 1.21. The Balaban J connectivity index is 2.93. The molecule has 0 saturated carbocycles. The molecule has 0 aliphatic carbocycles.